The smallest absolute Gasteiger partial charge is 0.100 e. The molecule has 4 heteroatoms. The first-order valence-corrected chi connectivity index (χ1v) is 10.6. The molecular formula is C24H27N3S. The van der Waals surface area contributed by atoms with E-state index in [9.17, 15) is 0 Å². The summed E-state index contributed by atoms with van der Waals surface area (Å²) in [6.45, 7) is 17.3. The second-order valence-electron chi connectivity index (χ2n) is 7.93. The van der Waals surface area contributed by atoms with E-state index in [1.54, 1.807) is 11.3 Å². The lowest BCUT2D eigenvalue weighted by Gasteiger charge is -2.27. The van der Waals surface area contributed by atoms with Crippen LogP contribution in [0.3, 0.4) is 0 Å². The highest BCUT2D eigenvalue weighted by molar-refractivity contribution is 7.14. The summed E-state index contributed by atoms with van der Waals surface area (Å²) in [6.07, 6.45) is 0.849. The third-order valence-electron chi connectivity index (χ3n) is 5.63. The number of nitrogens with one attached hydrogen (secondary N) is 1. The Bertz CT molecular complexity index is 1000. The van der Waals surface area contributed by atoms with Crippen LogP contribution in [0.25, 0.3) is 5.57 Å². The molecule has 0 saturated heterocycles. The van der Waals surface area contributed by atoms with Crippen LogP contribution in [0, 0.1) is 12.8 Å². The summed E-state index contributed by atoms with van der Waals surface area (Å²) in [5.74, 6) is 0.335. The van der Waals surface area contributed by atoms with Gasteiger partial charge in [0.1, 0.15) is 5.00 Å². The zero-order chi connectivity index (χ0) is 20.0. The van der Waals surface area contributed by atoms with E-state index in [4.69, 9.17) is 5.10 Å². The molecule has 0 amide bonds. The fourth-order valence-electron chi connectivity index (χ4n) is 3.89. The average Bonchev–Trinajstić information content (AvgIpc) is 3.29. The zero-order valence-electron chi connectivity index (χ0n) is 17.0. The van der Waals surface area contributed by atoms with Gasteiger partial charge in [-0.25, -0.2) is 0 Å². The van der Waals surface area contributed by atoms with Gasteiger partial charge in [0.2, 0.25) is 0 Å². The van der Waals surface area contributed by atoms with Gasteiger partial charge in [-0.05, 0) is 42.3 Å². The Labute approximate surface area is 171 Å². The van der Waals surface area contributed by atoms with Crippen molar-refractivity contribution in [1.29, 1.82) is 0 Å². The molecule has 28 heavy (non-hydrogen) atoms. The highest BCUT2D eigenvalue weighted by Crippen LogP contribution is 2.43. The van der Waals surface area contributed by atoms with Crippen LogP contribution in [0.4, 0.5) is 5.00 Å². The number of rotatable bonds is 4. The van der Waals surface area contributed by atoms with E-state index in [1.165, 1.54) is 27.3 Å². The molecule has 1 aromatic heterocycles. The van der Waals surface area contributed by atoms with Gasteiger partial charge in [0.15, 0.2) is 0 Å². The maximum Gasteiger partial charge on any atom is 0.100 e. The predicted octanol–water partition coefficient (Wildman–Crippen LogP) is 6.74. The van der Waals surface area contributed by atoms with Crippen LogP contribution in [-0.2, 0) is 0 Å². The Morgan fingerprint density at radius 1 is 1.21 bits per heavy atom. The van der Waals surface area contributed by atoms with Crippen molar-refractivity contribution in [3.63, 3.8) is 0 Å². The second-order valence-corrected chi connectivity index (χ2v) is 8.85. The molecule has 0 spiro atoms. The molecule has 1 unspecified atom stereocenters. The number of hydrazone groups is 1. The highest BCUT2D eigenvalue weighted by Gasteiger charge is 2.34. The minimum absolute atomic E-state index is 0.169. The maximum atomic E-state index is 5.07. The summed E-state index contributed by atoms with van der Waals surface area (Å²) in [4.78, 5) is 0. The van der Waals surface area contributed by atoms with Crippen LogP contribution in [0.15, 0.2) is 70.9 Å². The van der Waals surface area contributed by atoms with Crippen molar-refractivity contribution in [2.45, 2.75) is 40.2 Å². The van der Waals surface area contributed by atoms with Gasteiger partial charge in [-0.1, -0.05) is 56.8 Å². The van der Waals surface area contributed by atoms with Crippen molar-refractivity contribution in [1.82, 2.24) is 5.01 Å². The minimum atomic E-state index is 0.169. The summed E-state index contributed by atoms with van der Waals surface area (Å²) in [5, 5.41) is 14.0. The van der Waals surface area contributed by atoms with Crippen LogP contribution in [0.1, 0.15) is 49.9 Å². The standard InChI is InChI=1S/C24H27N3S/c1-14(2)18(6)27-22(19-9-7-15(3)8-10-19)13-21(26-27)23-16(4)20-11-12-28-24(20)25-17(23)5/h7-12,14,22,25H,5-6,13H2,1-4H3. The van der Waals surface area contributed by atoms with Crippen molar-refractivity contribution in [2.24, 2.45) is 11.0 Å². The minimum Gasteiger partial charge on any atom is -0.347 e. The number of fused-ring (bicyclic) bond motifs is 1. The fourth-order valence-corrected chi connectivity index (χ4v) is 4.76. The van der Waals surface area contributed by atoms with Crippen LogP contribution >= 0.6 is 11.3 Å². The number of hydrogen-bond donors (Lipinski definition) is 1. The summed E-state index contributed by atoms with van der Waals surface area (Å²) >= 11 is 1.72. The number of hydrogen-bond acceptors (Lipinski definition) is 4. The maximum absolute atomic E-state index is 5.07. The summed E-state index contributed by atoms with van der Waals surface area (Å²) in [5.41, 5.74) is 9.25. The number of allylic oxidation sites excluding steroid dienone is 3. The monoisotopic (exact) mass is 389 g/mol. The van der Waals surface area contributed by atoms with Crippen LogP contribution < -0.4 is 5.32 Å². The summed E-state index contributed by atoms with van der Waals surface area (Å²) in [6, 6.07) is 11.1. The molecule has 0 fully saturated rings. The van der Waals surface area contributed by atoms with E-state index in [0.29, 0.717) is 5.92 Å². The molecule has 2 aliphatic rings. The van der Waals surface area contributed by atoms with Crippen LogP contribution in [0.5, 0.6) is 0 Å². The quantitative estimate of drug-likeness (QED) is 0.627. The molecule has 2 aliphatic heterocycles. The lowest BCUT2D eigenvalue weighted by atomic mass is 9.90. The number of anilines is 1. The fraction of sp³-hybridized carbons (Fsp3) is 0.292. The largest absolute Gasteiger partial charge is 0.347 e. The van der Waals surface area contributed by atoms with Gasteiger partial charge >= 0.3 is 0 Å². The lowest BCUT2D eigenvalue weighted by Crippen LogP contribution is -2.21. The molecule has 1 atom stereocenters. The molecule has 0 aliphatic carbocycles. The number of aryl methyl sites for hydroxylation is 1. The highest BCUT2D eigenvalue weighted by atomic mass is 32.1. The Morgan fingerprint density at radius 3 is 2.61 bits per heavy atom. The Hall–Kier alpha value is -2.59. The Kier molecular flexibility index (Phi) is 4.76. The molecule has 0 radical (unpaired) electrons. The van der Waals surface area contributed by atoms with E-state index in [1.807, 2.05) is 0 Å². The van der Waals surface area contributed by atoms with Crippen molar-refractivity contribution in [3.8, 4) is 0 Å². The first kappa shape index (κ1) is 18.8. The van der Waals surface area contributed by atoms with Crippen molar-refractivity contribution < 1.29 is 0 Å². The van der Waals surface area contributed by atoms with E-state index >= 15 is 0 Å². The molecule has 1 N–H and O–H groups in total. The van der Waals surface area contributed by atoms with Crippen molar-refractivity contribution >= 4 is 27.6 Å². The molecular weight excluding hydrogens is 362 g/mol. The lowest BCUT2D eigenvalue weighted by molar-refractivity contribution is 0.273. The molecule has 4 rings (SSSR count). The van der Waals surface area contributed by atoms with Crippen LogP contribution in [0.2, 0.25) is 0 Å². The number of nitrogens with zero attached hydrogens (tertiary/aromatic N) is 2. The van der Waals surface area contributed by atoms with Gasteiger partial charge < -0.3 is 5.32 Å². The zero-order valence-corrected chi connectivity index (χ0v) is 17.9. The molecule has 2 aromatic rings. The van der Waals surface area contributed by atoms with Crippen LogP contribution in [-0.4, -0.2) is 10.7 Å². The summed E-state index contributed by atoms with van der Waals surface area (Å²) in [7, 11) is 0. The van der Waals surface area contributed by atoms with Gasteiger partial charge in [-0.3, -0.25) is 5.01 Å². The molecule has 144 valence electrons. The van der Waals surface area contributed by atoms with Gasteiger partial charge in [0.25, 0.3) is 0 Å². The summed E-state index contributed by atoms with van der Waals surface area (Å²) < 4.78 is 0. The van der Waals surface area contributed by atoms with Gasteiger partial charge in [0, 0.05) is 29.0 Å². The molecule has 0 saturated carbocycles. The first-order chi connectivity index (χ1) is 13.4. The van der Waals surface area contributed by atoms with Gasteiger partial charge in [-0.15, -0.1) is 11.3 Å². The van der Waals surface area contributed by atoms with Gasteiger partial charge in [0.05, 0.1) is 11.8 Å². The van der Waals surface area contributed by atoms with E-state index in [0.717, 1.165) is 29.1 Å². The normalized spacial score (nSPS) is 19.0. The third kappa shape index (κ3) is 3.12. The van der Waals surface area contributed by atoms with E-state index in [2.05, 4.69) is 86.9 Å². The molecule has 3 nitrogen and oxygen atoms in total. The first-order valence-electron chi connectivity index (χ1n) is 9.74. The number of thiophene rings is 1. The SMILES string of the molecule is C=C1Nc2sccc2C(C)=C1C1=NN(C(=C)C(C)C)C(c2ccc(C)cc2)C1. The predicted molar refractivity (Wildman–Crippen MR) is 121 cm³/mol. The van der Waals surface area contributed by atoms with Gasteiger partial charge in [-0.2, -0.15) is 5.10 Å². The Balaban J connectivity index is 1.77. The molecule has 3 heterocycles. The van der Waals surface area contributed by atoms with Crippen molar-refractivity contribution in [2.75, 3.05) is 5.32 Å². The molecule has 1 aromatic carbocycles. The Morgan fingerprint density at radius 2 is 1.93 bits per heavy atom. The van der Waals surface area contributed by atoms with E-state index < -0.39 is 0 Å². The second kappa shape index (κ2) is 7.10. The van der Waals surface area contributed by atoms with Crippen molar-refractivity contribution in [3.05, 3.63) is 82.5 Å². The average molecular weight is 390 g/mol. The number of benzene rings is 1. The third-order valence-corrected chi connectivity index (χ3v) is 6.46. The topological polar surface area (TPSA) is 27.6 Å². The molecule has 0 bridgehead atoms. The van der Waals surface area contributed by atoms with E-state index in [-0.39, 0.29) is 6.04 Å².